The Morgan fingerprint density at radius 1 is 0.964 bits per heavy atom. The third kappa shape index (κ3) is 16.9. The fourth-order valence-corrected chi connectivity index (χ4v) is 4.93. The van der Waals surface area contributed by atoms with Crippen LogP contribution < -0.4 is 11.1 Å². The molecule has 28 heavy (non-hydrogen) atoms. The summed E-state index contributed by atoms with van der Waals surface area (Å²) in [4.78, 5) is 0.564. The molecule has 3 N–H and O–H groups in total. The van der Waals surface area contributed by atoms with Crippen LogP contribution in [0.25, 0.3) is 0 Å². The van der Waals surface area contributed by atoms with Gasteiger partial charge in [0.2, 0.25) is 0 Å². The van der Waals surface area contributed by atoms with Crippen molar-refractivity contribution in [3.05, 3.63) is 11.6 Å². The van der Waals surface area contributed by atoms with Gasteiger partial charge in [-0.2, -0.15) is 11.8 Å². The average Bonchev–Trinajstić information content (AvgIpc) is 2.61. The zero-order chi connectivity index (χ0) is 21.4. The van der Waals surface area contributed by atoms with Gasteiger partial charge in [-0.3, -0.25) is 0 Å². The first-order valence-corrected chi connectivity index (χ1v) is 13.0. The van der Waals surface area contributed by atoms with Gasteiger partial charge in [0.1, 0.15) is 0 Å². The van der Waals surface area contributed by atoms with Crippen molar-refractivity contribution < 1.29 is 0 Å². The summed E-state index contributed by atoms with van der Waals surface area (Å²) < 4.78 is 0. The predicted molar refractivity (Wildman–Crippen MR) is 135 cm³/mol. The second-order valence-electron chi connectivity index (χ2n) is 9.19. The molecule has 0 radical (unpaired) electrons. The van der Waals surface area contributed by atoms with Crippen molar-refractivity contribution in [2.75, 3.05) is 18.6 Å². The number of allylic oxidation sites excluding steroid dienone is 1. The van der Waals surface area contributed by atoms with Crippen LogP contribution in [0.1, 0.15) is 92.4 Å². The largest absolute Gasteiger partial charge is 0.392 e. The molecule has 0 heterocycles. The molecule has 0 aromatic rings. The molecule has 0 aliphatic heterocycles. The number of nitrogens with two attached hydrogens (primary N) is 1. The van der Waals surface area contributed by atoms with Crippen molar-refractivity contribution in [1.82, 2.24) is 5.32 Å². The highest BCUT2D eigenvalue weighted by molar-refractivity contribution is 7.99. The molecule has 0 aromatic heterocycles. The Morgan fingerprint density at radius 2 is 1.50 bits per heavy atom. The van der Waals surface area contributed by atoms with Crippen molar-refractivity contribution in [3.63, 3.8) is 0 Å². The van der Waals surface area contributed by atoms with Gasteiger partial charge >= 0.3 is 0 Å². The minimum absolute atomic E-state index is 0.146. The molecule has 0 fully saturated rings. The lowest BCUT2D eigenvalue weighted by Gasteiger charge is -2.15. The Labute approximate surface area is 186 Å². The van der Waals surface area contributed by atoms with E-state index in [4.69, 9.17) is 18.0 Å². The first-order chi connectivity index (χ1) is 13.3. The lowest BCUT2D eigenvalue weighted by Crippen LogP contribution is -2.39. The molecule has 0 rings (SSSR count). The molecule has 0 aliphatic carbocycles. The van der Waals surface area contributed by atoms with Gasteiger partial charge in [-0.15, -0.1) is 0 Å². The summed E-state index contributed by atoms with van der Waals surface area (Å²) in [5.41, 5.74) is 7.23. The maximum atomic E-state index is 5.71. The van der Waals surface area contributed by atoms with E-state index in [1.165, 1.54) is 63.4 Å². The highest BCUT2D eigenvalue weighted by Crippen LogP contribution is 2.22. The second kappa shape index (κ2) is 17.8. The molecule has 3 atom stereocenters. The fraction of sp³-hybridized carbons (Fsp3) is 0.875. The third-order valence-corrected chi connectivity index (χ3v) is 6.92. The van der Waals surface area contributed by atoms with Crippen LogP contribution in [-0.2, 0) is 0 Å². The smallest absolute Gasteiger partial charge is 0.0908 e. The van der Waals surface area contributed by atoms with E-state index in [0.717, 1.165) is 29.3 Å². The zero-order valence-electron chi connectivity index (χ0n) is 19.6. The summed E-state index contributed by atoms with van der Waals surface area (Å²) in [6.07, 6.45) is 14.7. The molecule has 3 unspecified atom stereocenters. The van der Waals surface area contributed by atoms with Gasteiger partial charge in [-0.1, -0.05) is 96.5 Å². The minimum Gasteiger partial charge on any atom is -0.392 e. The van der Waals surface area contributed by atoms with Gasteiger partial charge in [0.15, 0.2) is 0 Å². The molecule has 0 aromatic carbocycles. The molecule has 4 heteroatoms. The Morgan fingerprint density at radius 3 is 2.00 bits per heavy atom. The summed E-state index contributed by atoms with van der Waals surface area (Å²) in [5.74, 6) is 4.63. The Kier molecular flexibility index (Phi) is 17.7. The van der Waals surface area contributed by atoms with Crippen LogP contribution in [-0.4, -0.2) is 29.6 Å². The fourth-order valence-electron chi connectivity index (χ4n) is 3.50. The summed E-state index contributed by atoms with van der Waals surface area (Å²) in [6.45, 7) is 11.8. The van der Waals surface area contributed by atoms with E-state index >= 15 is 0 Å². The molecule has 0 saturated carbocycles. The van der Waals surface area contributed by atoms with Gasteiger partial charge in [-0.05, 0) is 44.6 Å². The molecule has 0 aliphatic rings. The molecule has 0 spiro atoms. The Hall–Kier alpha value is -0.0600. The topological polar surface area (TPSA) is 38.0 Å². The van der Waals surface area contributed by atoms with Gasteiger partial charge in [0, 0.05) is 11.5 Å². The number of hydrogen-bond acceptors (Lipinski definition) is 3. The normalized spacial score (nSPS) is 15.6. The lowest BCUT2D eigenvalue weighted by molar-refractivity contribution is 0.389. The van der Waals surface area contributed by atoms with Crippen LogP contribution in [0, 0.1) is 17.8 Å². The van der Waals surface area contributed by atoms with E-state index in [0.29, 0.717) is 4.99 Å². The van der Waals surface area contributed by atoms with Crippen molar-refractivity contribution in [2.24, 2.45) is 23.5 Å². The Bertz CT molecular complexity index is 421. The highest BCUT2D eigenvalue weighted by Gasteiger charge is 2.08. The number of nitrogens with one attached hydrogen (secondary N) is 1. The number of thiocarbonyl (C=S) groups is 1. The van der Waals surface area contributed by atoms with Crippen LogP contribution >= 0.6 is 24.0 Å². The van der Waals surface area contributed by atoms with E-state index in [1.54, 1.807) is 0 Å². The first-order valence-electron chi connectivity index (χ1n) is 11.5. The number of likely N-dealkylation sites (N-methyl/N-ethyl adjacent to an activating group) is 1. The predicted octanol–water partition coefficient (Wildman–Crippen LogP) is 6.98. The number of hydrogen-bond donors (Lipinski definition) is 2. The molecule has 0 bridgehead atoms. The average molecular weight is 429 g/mol. The van der Waals surface area contributed by atoms with Crippen LogP contribution in [0.4, 0.5) is 0 Å². The lowest BCUT2D eigenvalue weighted by atomic mass is 9.91. The maximum Gasteiger partial charge on any atom is 0.0908 e. The molecule has 2 nitrogen and oxygen atoms in total. The number of thioether (sulfide) groups is 1. The van der Waals surface area contributed by atoms with Gasteiger partial charge < -0.3 is 11.1 Å². The molecule has 166 valence electrons. The molecular formula is C24H48N2S2. The number of rotatable bonds is 18. The SMILES string of the molecule is CNC(CSC/C=C(\C)CCCC(C)CCCC(C)CCCC(C)C)C(N)=S. The quantitative estimate of drug-likeness (QED) is 0.140. The zero-order valence-corrected chi connectivity index (χ0v) is 21.2. The van der Waals surface area contributed by atoms with Crippen molar-refractivity contribution in [1.29, 1.82) is 0 Å². The van der Waals surface area contributed by atoms with Crippen LogP contribution in [0.2, 0.25) is 0 Å². The van der Waals surface area contributed by atoms with E-state index < -0.39 is 0 Å². The second-order valence-corrected chi connectivity index (χ2v) is 10.7. The van der Waals surface area contributed by atoms with Crippen molar-refractivity contribution >= 4 is 29.0 Å². The van der Waals surface area contributed by atoms with Gasteiger partial charge in [0.05, 0.1) is 11.0 Å². The molecule has 0 saturated heterocycles. The van der Waals surface area contributed by atoms with Crippen LogP contribution in [0.15, 0.2) is 11.6 Å². The highest BCUT2D eigenvalue weighted by atomic mass is 32.2. The maximum absolute atomic E-state index is 5.71. The third-order valence-electron chi connectivity index (χ3n) is 5.67. The molecule has 0 amide bonds. The van der Waals surface area contributed by atoms with E-state index in [9.17, 15) is 0 Å². The summed E-state index contributed by atoms with van der Waals surface area (Å²) in [6, 6.07) is 0.146. The van der Waals surface area contributed by atoms with Gasteiger partial charge in [-0.25, -0.2) is 0 Å². The minimum atomic E-state index is 0.146. The van der Waals surface area contributed by atoms with Crippen molar-refractivity contribution in [3.8, 4) is 0 Å². The van der Waals surface area contributed by atoms with E-state index in [2.05, 4.69) is 46.0 Å². The van der Waals surface area contributed by atoms with E-state index in [-0.39, 0.29) is 6.04 Å². The van der Waals surface area contributed by atoms with Crippen molar-refractivity contribution in [2.45, 2.75) is 98.4 Å². The molecular weight excluding hydrogens is 380 g/mol. The standard InChI is InChI=1S/C24H48N2S2/c1-19(2)10-7-11-20(3)12-8-13-21(4)14-9-15-22(5)16-17-28-18-23(26-6)24(25)27/h16,19-21,23,26H,7-15,17-18H2,1-6H3,(H2,25,27)/b22-16+. The van der Waals surface area contributed by atoms with Gasteiger partial charge in [0.25, 0.3) is 0 Å². The van der Waals surface area contributed by atoms with Crippen LogP contribution in [0.5, 0.6) is 0 Å². The summed E-state index contributed by atoms with van der Waals surface area (Å²) >= 11 is 6.95. The summed E-state index contributed by atoms with van der Waals surface area (Å²) in [5, 5.41) is 3.17. The Balaban J connectivity index is 3.73. The van der Waals surface area contributed by atoms with Crippen LogP contribution in [0.3, 0.4) is 0 Å². The summed E-state index contributed by atoms with van der Waals surface area (Å²) in [7, 11) is 1.92. The first kappa shape index (κ1) is 27.9. The van der Waals surface area contributed by atoms with E-state index in [1.807, 2.05) is 18.8 Å². The monoisotopic (exact) mass is 428 g/mol.